The molecule has 0 amide bonds. The van der Waals surface area contributed by atoms with Crippen LogP contribution in [-0.4, -0.2) is 48.1 Å². The van der Waals surface area contributed by atoms with E-state index in [9.17, 15) is 0 Å². The van der Waals surface area contributed by atoms with E-state index in [1.54, 1.807) is 0 Å². The van der Waals surface area contributed by atoms with Crippen molar-refractivity contribution >= 4 is 45.6 Å². The summed E-state index contributed by atoms with van der Waals surface area (Å²) in [6, 6.07) is 0. The van der Waals surface area contributed by atoms with Gasteiger partial charge in [0.15, 0.2) is 0 Å². The maximum Gasteiger partial charge on any atom is 2.00 e. The van der Waals surface area contributed by atoms with Gasteiger partial charge in [-0.2, -0.15) is 4.91 Å². The average molecular weight is 185 g/mol. The number of nitroso groups, excluding NO2 is 1. The molecule has 0 bridgehead atoms. The second-order valence-corrected chi connectivity index (χ2v) is 1.41. The molecule has 0 fully saturated rings. The number of hydrogen-bond acceptors (Lipinski definition) is 5. The summed E-state index contributed by atoms with van der Waals surface area (Å²) in [4.78, 5) is 31.8. The first-order valence-corrected chi connectivity index (χ1v) is 2.45. The van der Waals surface area contributed by atoms with E-state index in [1.165, 1.54) is 0 Å². The second kappa shape index (κ2) is 11.7. The van der Waals surface area contributed by atoms with Crippen LogP contribution >= 0.6 is 7.82 Å². The quantitative estimate of drug-likeness (QED) is 0.232. The molecule has 0 atom stereocenters. The molecule has 0 saturated heterocycles. The third kappa shape index (κ3) is 496. The Hall–Kier alpha value is 0.930. The standard InChI is InChI=1S/Ca.HNO.H3O4P.H2O/c;1-2;1-5(2,3)4;/h;1H;(H3,1,2,3,4);1H2/q+2;;;/p-2. The minimum atomic E-state index is -5.14. The van der Waals surface area contributed by atoms with Gasteiger partial charge in [-0.15, -0.1) is 0 Å². The van der Waals surface area contributed by atoms with Gasteiger partial charge in [-0.3, -0.25) is 0 Å². The summed E-state index contributed by atoms with van der Waals surface area (Å²) in [5.74, 6) is 0. The number of phosphoric acid groups is 1. The van der Waals surface area contributed by atoms with Gasteiger partial charge in [0.2, 0.25) is 0 Å². The van der Waals surface area contributed by atoms with Gasteiger partial charge in [-0.25, -0.2) is 0 Å². The summed E-state index contributed by atoms with van der Waals surface area (Å²) in [6.07, 6.45) is 0. The van der Waals surface area contributed by atoms with E-state index >= 15 is 0 Å². The van der Waals surface area contributed by atoms with Crippen LogP contribution in [0.2, 0.25) is 0 Å². The van der Waals surface area contributed by atoms with Crippen LogP contribution in [0.1, 0.15) is 0 Å². The van der Waals surface area contributed by atoms with Crippen LogP contribution in [0.4, 0.5) is 0 Å². The van der Waals surface area contributed by atoms with Crippen LogP contribution in [0.15, 0.2) is 0 Å². The van der Waals surface area contributed by atoms with Crippen LogP contribution in [0.25, 0.3) is 0 Å². The van der Waals surface area contributed by atoms with Gasteiger partial charge in [-0.05, 0) is 0 Å². The van der Waals surface area contributed by atoms with Crippen molar-refractivity contribution in [1.82, 2.24) is 0 Å². The molecule has 52 valence electrons. The molecule has 0 radical (unpaired) electrons. The third-order valence-corrected chi connectivity index (χ3v) is 0. The summed E-state index contributed by atoms with van der Waals surface area (Å²) in [6.45, 7) is 0. The zero-order chi connectivity index (χ0) is 6.50. The molecule has 0 spiro atoms. The number of rotatable bonds is 0. The Balaban J connectivity index is -0.0000000286. The zero-order valence-corrected chi connectivity index (χ0v) is 7.34. The minimum Gasteiger partial charge on any atom is -0.790 e. The molecule has 0 aromatic carbocycles. The summed E-state index contributed by atoms with van der Waals surface area (Å²) in [5, 5.41) is 0. The molecule has 0 aromatic rings. The van der Waals surface area contributed by atoms with Gasteiger partial charge in [0, 0.05) is 0 Å². The summed E-state index contributed by atoms with van der Waals surface area (Å²) >= 11 is 0. The maximum atomic E-state index is 8.66. The van der Waals surface area contributed by atoms with E-state index in [4.69, 9.17) is 24.2 Å². The number of hydrogen-bond donors (Lipinski definition) is 2. The van der Waals surface area contributed by atoms with E-state index in [0.717, 1.165) is 0 Å². The van der Waals surface area contributed by atoms with Crippen LogP contribution in [-0.2, 0) is 4.57 Å². The Morgan fingerprint density at radius 3 is 1.33 bits per heavy atom. The Kier molecular flexibility index (Phi) is 29.3. The Morgan fingerprint density at radius 1 is 1.33 bits per heavy atom. The smallest absolute Gasteiger partial charge is 0.790 e. The first-order chi connectivity index (χ1) is 3.00. The van der Waals surface area contributed by atoms with Gasteiger partial charge in [-0.1, -0.05) is 5.59 Å². The zero-order valence-electron chi connectivity index (χ0n) is 4.23. The van der Waals surface area contributed by atoms with Gasteiger partial charge in [0.25, 0.3) is 0 Å². The molecule has 0 rings (SSSR count). The summed E-state index contributed by atoms with van der Waals surface area (Å²) in [7, 11) is -5.14. The van der Waals surface area contributed by atoms with Crippen molar-refractivity contribution in [2.75, 3.05) is 0 Å². The molecule has 9 heavy (non-hydrogen) atoms. The van der Waals surface area contributed by atoms with Crippen molar-refractivity contribution in [2.45, 2.75) is 0 Å². The molecule has 4 N–H and O–H groups in total. The van der Waals surface area contributed by atoms with Gasteiger partial charge in [0.1, 0.15) is 0 Å². The first-order valence-electron chi connectivity index (χ1n) is 0.952. The average Bonchev–Trinajstić information content (AvgIpc) is 1.36. The van der Waals surface area contributed by atoms with E-state index in [2.05, 4.69) is 5.59 Å². The molecule has 0 aromatic heterocycles. The fourth-order valence-electron chi connectivity index (χ4n) is 0. The topological polar surface area (TPSA) is 156 Å². The van der Waals surface area contributed by atoms with Gasteiger partial charge < -0.3 is 24.7 Å². The van der Waals surface area contributed by atoms with Crippen molar-refractivity contribution in [1.29, 1.82) is 5.59 Å². The predicted octanol–water partition coefficient (Wildman–Crippen LogP) is -3.07. The molecule has 9 heteroatoms. The van der Waals surface area contributed by atoms with Crippen molar-refractivity contribution in [2.24, 2.45) is 0 Å². The van der Waals surface area contributed by atoms with Crippen molar-refractivity contribution < 1.29 is 24.7 Å². The van der Waals surface area contributed by atoms with E-state index in [-0.39, 0.29) is 43.2 Å². The summed E-state index contributed by atoms with van der Waals surface area (Å²) < 4.78 is 8.66. The molecule has 0 aliphatic heterocycles. The minimum absolute atomic E-state index is 0. The molecular weight excluding hydrogens is 181 g/mol. The van der Waals surface area contributed by atoms with Crippen LogP contribution in [0.5, 0.6) is 0 Å². The fourth-order valence-corrected chi connectivity index (χ4v) is 0. The van der Waals surface area contributed by atoms with Gasteiger partial charge in [0.05, 0.1) is 7.82 Å². The monoisotopic (exact) mass is 185 g/mol. The molecule has 0 heterocycles. The predicted molar refractivity (Wildman–Crippen MR) is 25.3 cm³/mol. The Bertz CT molecular complexity index is 68.9. The Morgan fingerprint density at radius 2 is 1.33 bits per heavy atom. The summed E-state index contributed by atoms with van der Waals surface area (Å²) in [5.41, 5.74) is 4.50. The molecule has 7 nitrogen and oxygen atoms in total. The second-order valence-electron chi connectivity index (χ2n) is 0.469. The van der Waals surface area contributed by atoms with Crippen LogP contribution < -0.4 is 9.79 Å². The molecule has 0 aliphatic rings. The van der Waals surface area contributed by atoms with E-state index < -0.39 is 7.82 Å². The fraction of sp³-hybridized carbons (Fsp3) is 0. The molecule has 0 unspecified atom stereocenters. The SMILES string of the molecule is N=O.O.O=P([O-])([O-])O.[Ca+2]. The normalized spacial score (nSPS) is 7.00. The van der Waals surface area contributed by atoms with Gasteiger partial charge >= 0.3 is 37.7 Å². The van der Waals surface area contributed by atoms with E-state index in [1.807, 2.05) is 0 Å². The Labute approximate surface area is 80.4 Å². The van der Waals surface area contributed by atoms with Crippen molar-refractivity contribution in [3.63, 3.8) is 0 Å². The maximum absolute atomic E-state index is 8.66. The van der Waals surface area contributed by atoms with Crippen molar-refractivity contribution in [3.05, 3.63) is 4.91 Å². The first kappa shape index (κ1) is 22.5. The molecule has 0 saturated carbocycles. The largest absolute Gasteiger partial charge is 2.00 e. The molecule has 0 aliphatic carbocycles. The van der Waals surface area contributed by atoms with E-state index in [0.29, 0.717) is 0 Å². The van der Waals surface area contributed by atoms with Crippen molar-refractivity contribution in [3.8, 4) is 0 Å². The number of nitrogens with one attached hydrogen (secondary N) is 1. The third-order valence-electron chi connectivity index (χ3n) is 0. The van der Waals surface area contributed by atoms with Crippen LogP contribution in [0, 0.1) is 10.5 Å². The molecular formula is H4CaNO6P. The van der Waals surface area contributed by atoms with Crippen LogP contribution in [0.3, 0.4) is 0 Å².